The Labute approximate surface area is 131 Å². The molecule has 3 nitrogen and oxygen atoms in total. The maximum absolute atomic E-state index is 6.33. The summed E-state index contributed by atoms with van der Waals surface area (Å²) in [5.41, 5.74) is 2.48. The molecular weight excluding hydrogens is 274 g/mol. The van der Waals surface area contributed by atoms with Gasteiger partial charge in [0.15, 0.2) is 0 Å². The highest BCUT2D eigenvalue weighted by molar-refractivity contribution is 5.43. The van der Waals surface area contributed by atoms with Gasteiger partial charge in [0.05, 0.1) is 0 Å². The number of aryl methyl sites for hydroxylation is 1. The molecule has 1 saturated heterocycles. The van der Waals surface area contributed by atoms with Gasteiger partial charge >= 0.3 is 0 Å². The van der Waals surface area contributed by atoms with Crippen LogP contribution >= 0.6 is 0 Å². The third-order valence-corrected chi connectivity index (χ3v) is 4.67. The van der Waals surface area contributed by atoms with Gasteiger partial charge in [-0.3, -0.25) is 0 Å². The minimum absolute atomic E-state index is 0.00501. The van der Waals surface area contributed by atoms with Crippen LogP contribution < -0.4 is 14.8 Å². The zero-order chi connectivity index (χ0) is 14.8. The van der Waals surface area contributed by atoms with E-state index in [1.165, 1.54) is 11.1 Å². The van der Waals surface area contributed by atoms with Crippen molar-refractivity contribution in [2.24, 2.45) is 0 Å². The van der Waals surface area contributed by atoms with Crippen LogP contribution in [0.3, 0.4) is 0 Å². The molecular formula is C19H21NO2. The summed E-state index contributed by atoms with van der Waals surface area (Å²) in [5, 5.41) is 3.42. The van der Waals surface area contributed by atoms with Gasteiger partial charge < -0.3 is 14.8 Å². The maximum Gasteiger partial charge on any atom is 0.127 e. The molecule has 2 aromatic rings. The average molecular weight is 295 g/mol. The van der Waals surface area contributed by atoms with E-state index >= 15 is 0 Å². The molecule has 0 saturated carbocycles. The number of hydrogen-bond acceptors (Lipinski definition) is 3. The van der Waals surface area contributed by atoms with Crippen molar-refractivity contribution in [1.82, 2.24) is 5.32 Å². The highest BCUT2D eigenvalue weighted by Gasteiger charge is 2.39. The Morgan fingerprint density at radius 3 is 2.82 bits per heavy atom. The predicted molar refractivity (Wildman–Crippen MR) is 86.4 cm³/mol. The minimum Gasteiger partial charge on any atom is -0.489 e. The normalized spacial score (nSPS) is 23.1. The number of ether oxygens (including phenoxy) is 2. The summed E-state index contributed by atoms with van der Waals surface area (Å²) in [6.45, 7) is 2.60. The lowest BCUT2D eigenvalue weighted by atomic mass is 9.90. The fraction of sp³-hybridized carbons (Fsp3) is 0.368. The summed E-state index contributed by atoms with van der Waals surface area (Å²) in [7, 11) is 0. The van der Waals surface area contributed by atoms with E-state index in [9.17, 15) is 0 Å². The van der Waals surface area contributed by atoms with Gasteiger partial charge in [-0.2, -0.15) is 0 Å². The molecule has 114 valence electrons. The lowest BCUT2D eigenvalue weighted by molar-refractivity contribution is 0.0660. The molecule has 22 heavy (non-hydrogen) atoms. The van der Waals surface area contributed by atoms with Crippen molar-refractivity contribution in [2.75, 3.05) is 13.1 Å². The van der Waals surface area contributed by atoms with Gasteiger partial charge in [-0.15, -0.1) is 0 Å². The van der Waals surface area contributed by atoms with Crippen LogP contribution in [0.25, 0.3) is 0 Å². The summed E-state index contributed by atoms with van der Waals surface area (Å²) in [6.07, 6.45) is 3.30. The Hall–Kier alpha value is -2.00. The number of benzene rings is 2. The quantitative estimate of drug-likeness (QED) is 0.942. The van der Waals surface area contributed by atoms with E-state index in [1.807, 2.05) is 18.2 Å². The van der Waals surface area contributed by atoms with Gasteiger partial charge in [0, 0.05) is 19.0 Å². The monoisotopic (exact) mass is 295 g/mol. The highest BCUT2D eigenvalue weighted by atomic mass is 16.5. The molecule has 0 unspecified atom stereocenters. The van der Waals surface area contributed by atoms with Crippen LogP contribution in [0, 0.1) is 0 Å². The Bertz CT molecular complexity index is 648. The number of hydrogen-bond donors (Lipinski definition) is 1. The first-order valence-electron chi connectivity index (χ1n) is 8.02. The van der Waals surface area contributed by atoms with Crippen LogP contribution in [0.2, 0.25) is 0 Å². The second kappa shape index (κ2) is 5.65. The van der Waals surface area contributed by atoms with Gasteiger partial charge in [-0.25, -0.2) is 0 Å². The van der Waals surface area contributed by atoms with Crippen molar-refractivity contribution < 1.29 is 9.47 Å². The zero-order valence-electron chi connectivity index (χ0n) is 12.7. The first kappa shape index (κ1) is 13.6. The van der Waals surface area contributed by atoms with Crippen molar-refractivity contribution in [2.45, 2.75) is 31.5 Å². The van der Waals surface area contributed by atoms with Crippen molar-refractivity contribution in [1.29, 1.82) is 0 Å². The van der Waals surface area contributed by atoms with E-state index in [4.69, 9.17) is 9.47 Å². The Morgan fingerprint density at radius 1 is 1.09 bits per heavy atom. The molecule has 1 spiro atoms. The summed E-state index contributed by atoms with van der Waals surface area (Å²) in [6, 6.07) is 16.5. The fourth-order valence-electron chi connectivity index (χ4n) is 3.34. The first-order valence-corrected chi connectivity index (χ1v) is 8.02. The fourth-order valence-corrected chi connectivity index (χ4v) is 3.34. The van der Waals surface area contributed by atoms with Gasteiger partial charge in [0.1, 0.15) is 23.7 Å². The van der Waals surface area contributed by atoms with E-state index in [2.05, 4.69) is 35.6 Å². The third-order valence-electron chi connectivity index (χ3n) is 4.67. The molecule has 1 N–H and O–H groups in total. The van der Waals surface area contributed by atoms with Crippen molar-refractivity contribution in [3.63, 3.8) is 0 Å². The van der Waals surface area contributed by atoms with Crippen LogP contribution in [0.15, 0.2) is 48.5 Å². The number of nitrogens with one attached hydrogen (secondary N) is 1. The molecule has 0 radical (unpaired) electrons. The lowest BCUT2D eigenvalue weighted by Crippen LogP contribution is -2.41. The summed E-state index contributed by atoms with van der Waals surface area (Å²) in [5.74, 6) is 1.88. The molecule has 2 aromatic carbocycles. The second-order valence-electron chi connectivity index (χ2n) is 6.26. The number of rotatable bonds is 3. The molecule has 4 rings (SSSR count). The minimum atomic E-state index is 0.00501. The van der Waals surface area contributed by atoms with Crippen LogP contribution in [-0.2, 0) is 13.0 Å². The van der Waals surface area contributed by atoms with Crippen LogP contribution in [-0.4, -0.2) is 18.7 Å². The van der Waals surface area contributed by atoms with Crippen LogP contribution in [0.1, 0.15) is 24.0 Å². The SMILES string of the molecule is c1ccc(COc2ccc3c(c2)O[C@]2(CCNC2)CC3)cc1. The van der Waals surface area contributed by atoms with E-state index in [0.29, 0.717) is 6.61 Å². The molecule has 0 bridgehead atoms. The third kappa shape index (κ3) is 2.69. The van der Waals surface area contributed by atoms with Gasteiger partial charge in [-0.1, -0.05) is 36.4 Å². The molecule has 0 amide bonds. The number of fused-ring (bicyclic) bond motifs is 1. The molecule has 2 aliphatic rings. The topological polar surface area (TPSA) is 30.5 Å². The average Bonchev–Trinajstić information content (AvgIpc) is 3.01. The van der Waals surface area contributed by atoms with Gasteiger partial charge in [0.25, 0.3) is 0 Å². The van der Waals surface area contributed by atoms with Crippen LogP contribution in [0.4, 0.5) is 0 Å². The van der Waals surface area contributed by atoms with E-state index < -0.39 is 0 Å². The van der Waals surface area contributed by atoms with Crippen molar-refractivity contribution in [3.05, 3.63) is 59.7 Å². The summed E-state index contributed by atoms with van der Waals surface area (Å²) < 4.78 is 12.2. The maximum atomic E-state index is 6.33. The zero-order valence-corrected chi connectivity index (χ0v) is 12.7. The van der Waals surface area contributed by atoms with Gasteiger partial charge in [0.2, 0.25) is 0 Å². The summed E-state index contributed by atoms with van der Waals surface area (Å²) in [4.78, 5) is 0. The first-order chi connectivity index (χ1) is 10.8. The Morgan fingerprint density at radius 2 is 2.00 bits per heavy atom. The van der Waals surface area contributed by atoms with E-state index in [0.717, 1.165) is 43.9 Å². The molecule has 2 aliphatic heterocycles. The Balaban J connectivity index is 1.49. The standard InChI is InChI=1S/C19H21NO2/c1-2-4-15(5-3-1)13-21-17-7-6-16-8-9-19(10-11-20-14-19)22-18(16)12-17/h1-7,12,20H,8-11,13-14H2/t19-/m0/s1. The predicted octanol–water partition coefficient (Wildman–Crippen LogP) is 3.32. The van der Waals surface area contributed by atoms with Gasteiger partial charge in [-0.05, 0) is 36.6 Å². The van der Waals surface area contributed by atoms with Crippen molar-refractivity contribution in [3.8, 4) is 11.5 Å². The smallest absolute Gasteiger partial charge is 0.127 e. The molecule has 0 aliphatic carbocycles. The Kier molecular flexibility index (Phi) is 3.51. The molecule has 1 atom stereocenters. The van der Waals surface area contributed by atoms with Crippen molar-refractivity contribution >= 4 is 0 Å². The largest absolute Gasteiger partial charge is 0.489 e. The lowest BCUT2D eigenvalue weighted by Gasteiger charge is -2.35. The van der Waals surface area contributed by atoms with E-state index in [-0.39, 0.29) is 5.60 Å². The highest BCUT2D eigenvalue weighted by Crippen LogP contribution is 2.38. The molecule has 1 fully saturated rings. The molecule has 3 heteroatoms. The van der Waals surface area contributed by atoms with Crippen LogP contribution in [0.5, 0.6) is 11.5 Å². The van der Waals surface area contributed by atoms with E-state index in [1.54, 1.807) is 0 Å². The second-order valence-corrected chi connectivity index (χ2v) is 6.26. The molecule has 2 heterocycles. The summed E-state index contributed by atoms with van der Waals surface area (Å²) >= 11 is 0. The molecule has 0 aromatic heterocycles.